The van der Waals surface area contributed by atoms with Gasteiger partial charge in [-0.15, -0.1) is 0 Å². The van der Waals surface area contributed by atoms with E-state index in [4.69, 9.17) is 5.73 Å². The Bertz CT molecular complexity index is 475. The number of nitrogens with zero attached hydrogens (tertiary/aromatic N) is 1. The molecule has 0 aromatic heterocycles. The first kappa shape index (κ1) is 16.0. The number of nitrogens with one attached hydrogen (secondary N) is 1. The first-order chi connectivity index (χ1) is 10.2. The van der Waals surface area contributed by atoms with Crippen molar-refractivity contribution in [2.45, 2.75) is 58.2 Å². The molecule has 0 bridgehead atoms. The van der Waals surface area contributed by atoms with E-state index in [0.717, 1.165) is 24.2 Å². The summed E-state index contributed by atoms with van der Waals surface area (Å²) in [6.07, 6.45) is 4.78. The van der Waals surface area contributed by atoms with Crippen LogP contribution in [-0.2, 0) is 11.3 Å². The van der Waals surface area contributed by atoms with Gasteiger partial charge >= 0.3 is 0 Å². The number of nitrogens with two attached hydrogens (primary N) is 1. The van der Waals surface area contributed by atoms with Crippen molar-refractivity contribution in [3.8, 4) is 0 Å². The van der Waals surface area contributed by atoms with Crippen LogP contribution in [0.25, 0.3) is 0 Å². The van der Waals surface area contributed by atoms with Crippen molar-refractivity contribution in [2.24, 2.45) is 5.73 Å². The van der Waals surface area contributed by atoms with Crippen molar-refractivity contribution in [1.29, 1.82) is 0 Å². The molecule has 1 saturated heterocycles. The van der Waals surface area contributed by atoms with Crippen LogP contribution in [0.3, 0.4) is 0 Å². The number of rotatable bonds is 5. The molecule has 1 heterocycles. The van der Waals surface area contributed by atoms with Gasteiger partial charge in [-0.3, -0.25) is 9.69 Å². The second kappa shape index (κ2) is 7.57. The maximum absolute atomic E-state index is 12.5. The van der Waals surface area contributed by atoms with Crippen LogP contribution in [0, 0.1) is 0 Å². The summed E-state index contributed by atoms with van der Waals surface area (Å²) in [5, 5.41) is 3.04. The summed E-state index contributed by atoms with van der Waals surface area (Å²) in [4.78, 5) is 14.9. The number of hydrogen-bond acceptors (Lipinski definition) is 3. The Kier molecular flexibility index (Phi) is 5.76. The highest BCUT2D eigenvalue weighted by atomic mass is 16.2. The quantitative estimate of drug-likeness (QED) is 0.876. The maximum Gasteiger partial charge on any atom is 0.241 e. The van der Waals surface area contributed by atoms with Gasteiger partial charge in [-0.05, 0) is 44.4 Å². The maximum atomic E-state index is 12.5. The summed E-state index contributed by atoms with van der Waals surface area (Å²) >= 11 is 0. The minimum absolute atomic E-state index is 0.0660. The number of carbonyl (C=O) groups is 1. The van der Waals surface area contributed by atoms with Gasteiger partial charge in [0.25, 0.3) is 0 Å². The Morgan fingerprint density at radius 3 is 2.90 bits per heavy atom. The molecule has 0 spiro atoms. The number of para-hydroxylation sites is 1. The second-order valence-corrected chi connectivity index (χ2v) is 5.82. The van der Waals surface area contributed by atoms with E-state index in [-0.39, 0.29) is 11.9 Å². The predicted molar refractivity (Wildman–Crippen MR) is 87.1 cm³/mol. The Balaban J connectivity index is 2.05. The Labute approximate surface area is 127 Å². The molecular formula is C17H27N3O. The van der Waals surface area contributed by atoms with Crippen LogP contribution in [0.15, 0.2) is 24.3 Å². The molecule has 4 nitrogen and oxygen atoms in total. The average molecular weight is 289 g/mol. The van der Waals surface area contributed by atoms with Gasteiger partial charge in [0.2, 0.25) is 5.91 Å². The summed E-state index contributed by atoms with van der Waals surface area (Å²) in [6, 6.07) is 8.18. The number of carbonyl (C=O) groups excluding carboxylic acids is 1. The molecule has 21 heavy (non-hydrogen) atoms. The van der Waals surface area contributed by atoms with Gasteiger partial charge in [0.15, 0.2) is 0 Å². The summed E-state index contributed by atoms with van der Waals surface area (Å²) in [5.74, 6) is 0.0660. The molecule has 1 aliphatic heterocycles. The van der Waals surface area contributed by atoms with Crippen LogP contribution in [0.1, 0.15) is 45.1 Å². The van der Waals surface area contributed by atoms with E-state index in [1.54, 1.807) is 0 Å². The van der Waals surface area contributed by atoms with E-state index in [0.29, 0.717) is 12.6 Å². The predicted octanol–water partition coefficient (Wildman–Crippen LogP) is 2.74. The minimum Gasteiger partial charge on any atom is -0.326 e. The molecule has 1 aliphatic rings. The van der Waals surface area contributed by atoms with Gasteiger partial charge < -0.3 is 11.1 Å². The number of amides is 1. The van der Waals surface area contributed by atoms with Crippen LogP contribution in [0.2, 0.25) is 0 Å². The molecule has 0 radical (unpaired) electrons. The first-order valence-corrected chi connectivity index (χ1v) is 8.02. The van der Waals surface area contributed by atoms with Crippen molar-refractivity contribution in [3.63, 3.8) is 0 Å². The molecule has 2 unspecified atom stereocenters. The van der Waals surface area contributed by atoms with E-state index >= 15 is 0 Å². The molecule has 3 N–H and O–H groups in total. The SMILES string of the molecule is CCC1CCCCN1C(C)C(=O)Nc1ccccc1CN. The van der Waals surface area contributed by atoms with Gasteiger partial charge in [-0.2, -0.15) is 0 Å². The fraction of sp³-hybridized carbons (Fsp3) is 0.588. The molecule has 1 amide bonds. The lowest BCUT2D eigenvalue weighted by molar-refractivity contribution is -0.122. The topological polar surface area (TPSA) is 58.4 Å². The molecule has 2 rings (SSSR count). The molecule has 0 saturated carbocycles. The van der Waals surface area contributed by atoms with Crippen molar-refractivity contribution in [3.05, 3.63) is 29.8 Å². The van der Waals surface area contributed by atoms with E-state index in [2.05, 4.69) is 17.1 Å². The van der Waals surface area contributed by atoms with Gasteiger partial charge in [-0.1, -0.05) is 31.5 Å². The molecule has 1 aromatic carbocycles. The highest BCUT2D eigenvalue weighted by Crippen LogP contribution is 2.23. The Hall–Kier alpha value is -1.39. The van der Waals surface area contributed by atoms with Crippen LogP contribution < -0.4 is 11.1 Å². The van der Waals surface area contributed by atoms with Gasteiger partial charge in [0, 0.05) is 18.3 Å². The summed E-state index contributed by atoms with van der Waals surface area (Å²) in [6.45, 7) is 5.67. The van der Waals surface area contributed by atoms with Crippen molar-refractivity contribution in [2.75, 3.05) is 11.9 Å². The molecule has 1 aromatic rings. The second-order valence-electron chi connectivity index (χ2n) is 5.82. The fourth-order valence-corrected chi connectivity index (χ4v) is 3.18. The van der Waals surface area contributed by atoms with E-state index in [9.17, 15) is 4.79 Å². The number of hydrogen-bond donors (Lipinski definition) is 2. The van der Waals surface area contributed by atoms with Crippen molar-refractivity contribution in [1.82, 2.24) is 4.90 Å². The lowest BCUT2D eigenvalue weighted by atomic mass is 9.98. The van der Waals surface area contributed by atoms with Gasteiger partial charge in [0.05, 0.1) is 6.04 Å². The van der Waals surface area contributed by atoms with Crippen molar-refractivity contribution >= 4 is 11.6 Å². The summed E-state index contributed by atoms with van der Waals surface area (Å²) < 4.78 is 0. The Morgan fingerprint density at radius 2 is 2.19 bits per heavy atom. The first-order valence-electron chi connectivity index (χ1n) is 8.02. The number of piperidine rings is 1. The van der Waals surface area contributed by atoms with Crippen LogP contribution in [0.4, 0.5) is 5.69 Å². The molecule has 2 atom stereocenters. The van der Waals surface area contributed by atoms with Gasteiger partial charge in [0.1, 0.15) is 0 Å². The zero-order valence-electron chi connectivity index (χ0n) is 13.1. The monoisotopic (exact) mass is 289 g/mol. The normalized spacial score (nSPS) is 21.0. The molecule has 4 heteroatoms. The van der Waals surface area contributed by atoms with E-state index < -0.39 is 0 Å². The zero-order chi connectivity index (χ0) is 15.2. The van der Waals surface area contributed by atoms with Crippen molar-refractivity contribution < 1.29 is 4.79 Å². The molecule has 0 aliphatic carbocycles. The van der Waals surface area contributed by atoms with Gasteiger partial charge in [-0.25, -0.2) is 0 Å². The number of benzene rings is 1. The standard InChI is InChI=1S/C17H27N3O/c1-3-15-9-6-7-11-20(15)13(2)17(21)19-16-10-5-4-8-14(16)12-18/h4-5,8,10,13,15H,3,6-7,9,11-12,18H2,1-2H3,(H,19,21). The largest absolute Gasteiger partial charge is 0.326 e. The molecule has 1 fully saturated rings. The summed E-state index contributed by atoms with van der Waals surface area (Å²) in [5.41, 5.74) is 7.54. The van der Waals surface area contributed by atoms with Crippen LogP contribution in [-0.4, -0.2) is 29.4 Å². The highest BCUT2D eigenvalue weighted by molar-refractivity contribution is 5.95. The zero-order valence-corrected chi connectivity index (χ0v) is 13.1. The highest BCUT2D eigenvalue weighted by Gasteiger charge is 2.29. The van der Waals surface area contributed by atoms with Crippen LogP contribution in [0.5, 0.6) is 0 Å². The molecule has 116 valence electrons. The van der Waals surface area contributed by atoms with E-state index in [1.165, 1.54) is 19.3 Å². The fourth-order valence-electron chi connectivity index (χ4n) is 3.18. The lowest BCUT2D eigenvalue weighted by Crippen LogP contribution is -2.49. The van der Waals surface area contributed by atoms with E-state index in [1.807, 2.05) is 31.2 Å². The third-order valence-electron chi connectivity index (χ3n) is 4.52. The average Bonchev–Trinajstić information content (AvgIpc) is 2.54. The summed E-state index contributed by atoms with van der Waals surface area (Å²) in [7, 11) is 0. The Morgan fingerprint density at radius 1 is 1.43 bits per heavy atom. The smallest absolute Gasteiger partial charge is 0.241 e. The third-order valence-corrected chi connectivity index (χ3v) is 4.52. The number of anilines is 1. The third kappa shape index (κ3) is 3.83. The number of likely N-dealkylation sites (tertiary alicyclic amines) is 1. The molecular weight excluding hydrogens is 262 g/mol. The lowest BCUT2D eigenvalue weighted by Gasteiger charge is -2.38. The minimum atomic E-state index is -0.0962. The van der Waals surface area contributed by atoms with Crippen LogP contribution >= 0.6 is 0 Å².